The minimum atomic E-state index is -0.580. The summed E-state index contributed by atoms with van der Waals surface area (Å²) in [6.07, 6.45) is 3.52. The van der Waals surface area contributed by atoms with Crippen molar-refractivity contribution in [1.82, 2.24) is 25.3 Å². The van der Waals surface area contributed by atoms with Crippen molar-refractivity contribution in [3.63, 3.8) is 0 Å². The van der Waals surface area contributed by atoms with Crippen LogP contribution in [0.4, 0.5) is 0 Å². The van der Waals surface area contributed by atoms with Gasteiger partial charge in [0.05, 0.1) is 33.0 Å². The Hall–Kier alpha value is -2.32. The molecule has 4 atom stereocenters. The Kier molecular flexibility index (Phi) is 11.4. The summed E-state index contributed by atoms with van der Waals surface area (Å²) in [5, 5.41) is 6.62. The Bertz CT molecular complexity index is 941. The van der Waals surface area contributed by atoms with E-state index in [-0.39, 0.29) is 61.1 Å². The van der Waals surface area contributed by atoms with Gasteiger partial charge in [0, 0.05) is 77.4 Å². The van der Waals surface area contributed by atoms with Gasteiger partial charge in [-0.3, -0.25) is 19.2 Å². The molecule has 5 aliphatic heterocycles. The maximum atomic E-state index is 14.0. The van der Waals surface area contributed by atoms with Crippen molar-refractivity contribution >= 4 is 23.6 Å². The number of nitrogens with zero attached hydrogens (tertiary/aromatic N) is 3. The van der Waals surface area contributed by atoms with E-state index in [2.05, 4.69) is 10.6 Å². The molecular formula is C29H47N5O8. The van der Waals surface area contributed by atoms with Gasteiger partial charge in [0.25, 0.3) is 0 Å². The summed E-state index contributed by atoms with van der Waals surface area (Å²) in [6, 6.07) is -0.268. The van der Waals surface area contributed by atoms with Gasteiger partial charge in [0.15, 0.2) is 0 Å². The first-order valence-corrected chi connectivity index (χ1v) is 15.7. The smallest absolute Gasteiger partial charge is 0.248 e. The summed E-state index contributed by atoms with van der Waals surface area (Å²) in [5.74, 6) is -0.552. The van der Waals surface area contributed by atoms with Crippen LogP contribution in [0.15, 0.2) is 0 Å². The fraction of sp³-hybridized carbons (Fsp3) is 0.862. The van der Waals surface area contributed by atoms with E-state index in [4.69, 9.17) is 18.9 Å². The molecule has 2 bridgehead atoms. The largest absolute Gasteiger partial charge is 0.381 e. The van der Waals surface area contributed by atoms with Crippen molar-refractivity contribution in [2.45, 2.75) is 56.7 Å². The number of amides is 4. The van der Waals surface area contributed by atoms with Crippen molar-refractivity contribution in [2.24, 2.45) is 11.8 Å². The zero-order chi connectivity index (χ0) is 29.3. The van der Waals surface area contributed by atoms with E-state index in [1.165, 1.54) is 0 Å². The summed E-state index contributed by atoms with van der Waals surface area (Å²) in [6.45, 7) is 6.21. The molecule has 0 saturated carbocycles. The second kappa shape index (κ2) is 15.4. The van der Waals surface area contributed by atoms with Crippen LogP contribution in [-0.4, -0.2) is 149 Å². The first-order valence-electron chi connectivity index (χ1n) is 15.7. The van der Waals surface area contributed by atoms with Gasteiger partial charge in [-0.15, -0.1) is 0 Å². The molecule has 5 aliphatic rings. The van der Waals surface area contributed by atoms with Crippen LogP contribution in [0.1, 0.15) is 38.5 Å². The molecule has 0 aromatic carbocycles. The van der Waals surface area contributed by atoms with Gasteiger partial charge in [0.2, 0.25) is 23.6 Å². The van der Waals surface area contributed by atoms with Crippen LogP contribution in [0.3, 0.4) is 0 Å². The van der Waals surface area contributed by atoms with Crippen molar-refractivity contribution in [2.75, 3.05) is 92.1 Å². The summed E-state index contributed by atoms with van der Waals surface area (Å²) >= 11 is 0. The number of nitrogens with one attached hydrogen (secondary N) is 2. The van der Waals surface area contributed by atoms with E-state index >= 15 is 0 Å². The maximum Gasteiger partial charge on any atom is 0.248 e. The van der Waals surface area contributed by atoms with Crippen molar-refractivity contribution in [3.05, 3.63) is 0 Å². The number of piperidine rings is 1. The molecule has 236 valence electrons. The highest BCUT2D eigenvalue weighted by atomic mass is 16.5. The van der Waals surface area contributed by atoms with Gasteiger partial charge >= 0.3 is 0 Å². The standard InChI is InChI=1S/C29H47N5O8/c35-26(32-6-11-41-12-7-32)15-21-1-5-33-18-22(21)16-27(36)34-19-24(31-23-2-8-39-9-3-23)17-25(34)29(38)30-4-10-40-13-14-42-20-28(33)37/h21-25,31H,1-20H2,(H,30,38)/t21-,22-,24-,25-/m0/s1. The fourth-order valence-electron chi connectivity index (χ4n) is 6.83. The molecule has 4 amide bonds. The number of ether oxygens (including phenoxy) is 4. The summed E-state index contributed by atoms with van der Waals surface area (Å²) in [5.41, 5.74) is 0. The second-order valence-corrected chi connectivity index (χ2v) is 12.1. The fourth-order valence-corrected chi connectivity index (χ4v) is 6.83. The van der Waals surface area contributed by atoms with Gasteiger partial charge in [-0.25, -0.2) is 0 Å². The van der Waals surface area contributed by atoms with Gasteiger partial charge < -0.3 is 44.3 Å². The quantitative estimate of drug-likeness (QED) is 0.420. The molecule has 2 N–H and O–H groups in total. The number of carbonyl (C=O) groups is 4. The molecular weight excluding hydrogens is 546 g/mol. The van der Waals surface area contributed by atoms with E-state index in [0.717, 1.165) is 12.8 Å². The van der Waals surface area contributed by atoms with Gasteiger partial charge in [-0.2, -0.15) is 0 Å². The third-order valence-electron chi connectivity index (χ3n) is 9.24. The Morgan fingerprint density at radius 2 is 1.55 bits per heavy atom. The van der Waals surface area contributed by atoms with Gasteiger partial charge in [-0.05, 0) is 37.5 Å². The van der Waals surface area contributed by atoms with Crippen LogP contribution < -0.4 is 10.6 Å². The minimum absolute atomic E-state index is 0.00919. The molecule has 0 aromatic rings. The SMILES string of the molecule is O=C1NCCOCCOCC(=O)N2CC[C@@H](CC(=O)N3CCOCC3)[C@@H](CC(=O)N3C[C@@H](NC4CCOCC4)C[C@@H]13)C2. The molecule has 5 fully saturated rings. The predicted molar refractivity (Wildman–Crippen MR) is 150 cm³/mol. The predicted octanol–water partition coefficient (Wildman–Crippen LogP) is -1.01. The molecule has 0 aromatic heterocycles. The van der Waals surface area contributed by atoms with Gasteiger partial charge in [-0.1, -0.05) is 0 Å². The third kappa shape index (κ3) is 8.40. The number of morpholine rings is 1. The number of hydrogen-bond donors (Lipinski definition) is 2. The molecule has 0 unspecified atom stereocenters. The average Bonchev–Trinajstić information content (AvgIpc) is 3.43. The zero-order valence-electron chi connectivity index (χ0n) is 24.6. The molecule has 5 heterocycles. The molecule has 0 radical (unpaired) electrons. The number of carbonyl (C=O) groups excluding carboxylic acids is 4. The lowest BCUT2D eigenvalue weighted by molar-refractivity contribution is -0.144. The molecule has 5 rings (SSSR count). The number of hydrogen-bond acceptors (Lipinski definition) is 9. The van der Waals surface area contributed by atoms with Crippen LogP contribution in [0, 0.1) is 11.8 Å². The van der Waals surface area contributed by atoms with E-state index in [9.17, 15) is 19.2 Å². The summed E-state index contributed by atoms with van der Waals surface area (Å²) in [4.78, 5) is 58.8. The number of rotatable bonds is 4. The van der Waals surface area contributed by atoms with E-state index in [1.54, 1.807) is 9.80 Å². The van der Waals surface area contributed by atoms with Crippen LogP contribution in [0.5, 0.6) is 0 Å². The third-order valence-corrected chi connectivity index (χ3v) is 9.24. The number of fused-ring (bicyclic) bond motifs is 3. The Morgan fingerprint density at radius 3 is 2.36 bits per heavy atom. The lowest BCUT2D eigenvalue weighted by atomic mass is 9.80. The van der Waals surface area contributed by atoms with Crippen LogP contribution in [0.2, 0.25) is 0 Å². The highest BCUT2D eigenvalue weighted by Gasteiger charge is 2.42. The molecule has 0 aliphatic carbocycles. The molecule has 13 heteroatoms. The van der Waals surface area contributed by atoms with Gasteiger partial charge in [0.1, 0.15) is 12.6 Å². The van der Waals surface area contributed by atoms with Crippen molar-refractivity contribution in [3.8, 4) is 0 Å². The molecule has 13 nitrogen and oxygen atoms in total. The normalized spacial score (nSPS) is 31.4. The monoisotopic (exact) mass is 593 g/mol. The Balaban J connectivity index is 1.31. The summed E-state index contributed by atoms with van der Waals surface area (Å²) in [7, 11) is 0. The molecule has 5 saturated heterocycles. The molecule has 0 spiro atoms. The second-order valence-electron chi connectivity index (χ2n) is 12.1. The van der Waals surface area contributed by atoms with E-state index in [0.29, 0.717) is 104 Å². The van der Waals surface area contributed by atoms with Crippen LogP contribution in [-0.2, 0) is 38.1 Å². The van der Waals surface area contributed by atoms with Crippen molar-refractivity contribution < 1.29 is 38.1 Å². The maximum absolute atomic E-state index is 14.0. The zero-order valence-corrected chi connectivity index (χ0v) is 24.6. The van der Waals surface area contributed by atoms with Crippen LogP contribution in [0.25, 0.3) is 0 Å². The van der Waals surface area contributed by atoms with E-state index in [1.807, 2.05) is 4.90 Å². The summed E-state index contributed by atoms with van der Waals surface area (Å²) < 4.78 is 22.0. The lowest BCUT2D eigenvalue weighted by Gasteiger charge is -2.40. The Morgan fingerprint density at radius 1 is 0.810 bits per heavy atom. The van der Waals surface area contributed by atoms with Crippen molar-refractivity contribution in [1.29, 1.82) is 0 Å². The highest BCUT2D eigenvalue weighted by molar-refractivity contribution is 5.88. The highest BCUT2D eigenvalue weighted by Crippen LogP contribution is 2.32. The van der Waals surface area contributed by atoms with Crippen LogP contribution >= 0.6 is 0 Å². The average molecular weight is 594 g/mol. The lowest BCUT2D eigenvalue weighted by Crippen LogP contribution is -2.50. The topological polar surface area (TPSA) is 139 Å². The first-order chi connectivity index (χ1) is 20.5. The first kappa shape index (κ1) is 31.1. The Labute approximate surface area is 247 Å². The minimum Gasteiger partial charge on any atom is -0.381 e. The molecule has 42 heavy (non-hydrogen) atoms. The van der Waals surface area contributed by atoms with E-state index < -0.39 is 6.04 Å².